The van der Waals surface area contributed by atoms with Gasteiger partial charge in [-0.05, 0) is 49.6 Å². The Morgan fingerprint density at radius 2 is 2.05 bits per heavy atom. The molecule has 1 atom stereocenters. The molecule has 1 amide bonds. The summed E-state index contributed by atoms with van der Waals surface area (Å²) in [5.74, 6) is 0.658. The first kappa shape index (κ1) is 24.9. The zero-order valence-corrected chi connectivity index (χ0v) is 21.9. The molecule has 200 valence electrons. The van der Waals surface area contributed by atoms with Crippen LogP contribution in [0.25, 0.3) is 16.4 Å². The highest BCUT2D eigenvalue weighted by Gasteiger charge is 2.19. The van der Waals surface area contributed by atoms with Crippen molar-refractivity contribution in [3.63, 3.8) is 0 Å². The zero-order valence-electron chi connectivity index (χ0n) is 21.9. The molecule has 3 N–H and O–H groups in total. The second-order valence-corrected chi connectivity index (χ2v) is 9.83. The minimum Gasteiger partial charge on any atom is -0.448 e. The third-order valence-corrected chi connectivity index (χ3v) is 7.18. The van der Waals surface area contributed by atoms with Crippen molar-refractivity contribution in [2.45, 2.75) is 45.2 Å². The molecule has 1 aliphatic rings. The molecule has 4 heterocycles. The molecule has 1 fully saturated rings. The number of hydrogen-bond donors (Lipinski definition) is 3. The predicted molar refractivity (Wildman–Crippen MR) is 152 cm³/mol. The number of nitrogens with zero attached hydrogens (tertiary/aromatic N) is 5. The van der Waals surface area contributed by atoms with Crippen LogP contribution in [0.1, 0.15) is 37.3 Å². The van der Waals surface area contributed by atoms with Gasteiger partial charge in [0, 0.05) is 22.7 Å². The molecule has 1 aliphatic heterocycles. The molecular formula is C29H32N8O2. The van der Waals surface area contributed by atoms with E-state index in [9.17, 15) is 4.79 Å². The van der Waals surface area contributed by atoms with E-state index in [1.165, 1.54) is 18.3 Å². The summed E-state index contributed by atoms with van der Waals surface area (Å²) < 4.78 is 9.25. The van der Waals surface area contributed by atoms with Crippen LogP contribution >= 0.6 is 0 Å². The number of hydrogen-bond acceptors (Lipinski definition) is 7. The summed E-state index contributed by atoms with van der Waals surface area (Å²) in [6, 6.07) is 16.7. The van der Waals surface area contributed by atoms with E-state index in [4.69, 9.17) is 4.74 Å². The van der Waals surface area contributed by atoms with Crippen LogP contribution < -0.4 is 16.0 Å². The Labute approximate surface area is 226 Å². The number of rotatable bonds is 8. The highest BCUT2D eigenvalue weighted by atomic mass is 16.5. The largest absolute Gasteiger partial charge is 0.448 e. The number of benzene rings is 2. The van der Waals surface area contributed by atoms with Crippen molar-refractivity contribution in [3.8, 4) is 0 Å². The van der Waals surface area contributed by atoms with E-state index in [0.717, 1.165) is 47.1 Å². The Morgan fingerprint density at radius 1 is 1.15 bits per heavy atom. The van der Waals surface area contributed by atoms with Crippen molar-refractivity contribution < 1.29 is 9.53 Å². The summed E-state index contributed by atoms with van der Waals surface area (Å²) >= 11 is 0. The van der Waals surface area contributed by atoms with Crippen LogP contribution in [-0.4, -0.2) is 49.7 Å². The second kappa shape index (κ2) is 11.1. The van der Waals surface area contributed by atoms with Crippen molar-refractivity contribution in [2.75, 3.05) is 23.8 Å². The maximum absolute atomic E-state index is 12.6. The summed E-state index contributed by atoms with van der Waals surface area (Å²) in [5.41, 5.74) is 5.56. The maximum Gasteiger partial charge on any atom is 0.411 e. The van der Waals surface area contributed by atoms with Gasteiger partial charge in [0.05, 0.1) is 30.1 Å². The van der Waals surface area contributed by atoms with Crippen LogP contribution in [0.3, 0.4) is 0 Å². The number of carbonyl (C=O) groups excluding carboxylic acids is 1. The molecule has 0 spiro atoms. The van der Waals surface area contributed by atoms with Crippen LogP contribution in [-0.2, 0) is 17.7 Å². The first-order valence-corrected chi connectivity index (χ1v) is 13.5. The number of fused-ring (bicyclic) bond motifs is 2. The zero-order chi connectivity index (χ0) is 26.6. The molecule has 1 saturated heterocycles. The van der Waals surface area contributed by atoms with Gasteiger partial charge in [0.15, 0.2) is 5.82 Å². The fraction of sp³-hybridized carbons (Fsp3) is 0.310. The van der Waals surface area contributed by atoms with E-state index in [1.807, 2.05) is 42.1 Å². The Bertz CT molecular complexity index is 1590. The molecule has 0 radical (unpaired) electrons. The summed E-state index contributed by atoms with van der Waals surface area (Å²) in [6.45, 7) is 4.08. The van der Waals surface area contributed by atoms with Gasteiger partial charge in [0.1, 0.15) is 18.5 Å². The average Bonchev–Trinajstić information content (AvgIpc) is 3.53. The van der Waals surface area contributed by atoms with Crippen LogP contribution in [0.5, 0.6) is 0 Å². The average molecular weight is 525 g/mol. The van der Waals surface area contributed by atoms with E-state index < -0.39 is 6.09 Å². The molecule has 1 unspecified atom stereocenters. The molecular weight excluding hydrogens is 492 g/mol. The smallest absolute Gasteiger partial charge is 0.411 e. The van der Waals surface area contributed by atoms with Crippen molar-refractivity contribution in [1.29, 1.82) is 0 Å². The van der Waals surface area contributed by atoms with Gasteiger partial charge in [0.25, 0.3) is 0 Å². The molecule has 0 aliphatic carbocycles. The van der Waals surface area contributed by atoms with Gasteiger partial charge in [-0.3, -0.25) is 10.00 Å². The second-order valence-electron chi connectivity index (χ2n) is 9.83. The lowest BCUT2D eigenvalue weighted by Crippen LogP contribution is -2.38. The number of nitrogens with one attached hydrogen (secondary N) is 3. The van der Waals surface area contributed by atoms with Crippen LogP contribution in [0.2, 0.25) is 0 Å². The van der Waals surface area contributed by atoms with Crippen molar-refractivity contribution in [1.82, 2.24) is 29.7 Å². The number of ether oxygens (including phenoxy) is 1. The van der Waals surface area contributed by atoms with Gasteiger partial charge in [-0.2, -0.15) is 10.2 Å². The Hall–Kier alpha value is -4.44. The number of anilines is 3. The molecule has 6 rings (SSSR count). The molecule has 10 nitrogen and oxygen atoms in total. The van der Waals surface area contributed by atoms with Crippen molar-refractivity contribution in [2.24, 2.45) is 0 Å². The molecule has 2 aromatic carbocycles. The first-order chi connectivity index (χ1) is 19.2. The monoisotopic (exact) mass is 524 g/mol. The predicted octanol–water partition coefficient (Wildman–Crippen LogP) is 5.12. The number of carbonyl (C=O) groups is 1. The third kappa shape index (κ3) is 5.42. The lowest BCUT2D eigenvalue weighted by atomic mass is 10.1. The van der Waals surface area contributed by atoms with Gasteiger partial charge in [-0.1, -0.05) is 43.7 Å². The summed E-state index contributed by atoms with van der Waals surface area (Å²) in [4.78, 5) is 17.1. The van der Waals surface area contributed by atoms with Crippen molar-refractivity contribution >= 4 is 39.7 Å². The van der Waals surface area contributed by atoms with Gasteiger partial charge < -0.3 is 15.4 Å². The number of aromatic nitrogens is 5. The van der Waals surface area contributed by atoms with E-state index in [1.54, 1.807) is 10.7 Å². The molecule has 5 aromatic rings. The minimum atomic E-state index is -0.464. The summed E-state index contributed by atoms with van der Waals surface area (Å²) in [5, 5.41) is 19.8. The highest BCUT2D eigenvalue weighted by molar-refractivity contribution is 5.91. The molecule has 10 heteroatoms. The van der Waals surface area contributed by atoms with Gasteiger partial charge >= 0.3 is 6.09 Å². The number of piperidine rings is 1. The molecule has 3 aromatic heterocycles. The molecule has 0 bridgehead atoms. The molecule has 39 heavy (non-hydrogen) atoms. The molecule has 0 saturated carbocycles. The lowest BCUT2D eigenvalue weighted by molar-refractivity contribution is 0.141. The van der Waals surface area contributed by atoms with Crippen LogP contribution in [0.15, 0.2) is 67.3 Å². The van der Waals surface area contributed by atoms with E-state index in [2.05, 4.69) is 55.4 Å². The number of amides is 1. The Balaban J connectivity index is 1.20. The topological polar surface area (TPSA) is 110 Å². The lowest BCUT2D eigenvalue weighted by Gasteiger charge is -2.22. The van der Waals surface area contributed by atoms with E-state index in [-0.39, 0.29) is 6.04 Å². The highest BCUT2D eigenvalue weighted by Crippen LogP contribution is 2.30. The SMILES string of the molecule is CCc1c(NC(=O)OCC2CCCCN2)cn2ncnc(Nc3ccc4c(cnn4Cc4ccccc4)c3)c12. The van der Waals surface area contributed by atoms with E-state index >= 15 is 0 Å². The fourth-order valence-electron chi connectivity index (χ4n) is 5.20. The fourth-order valence-corrected chi connectivity index (χ4v) is 5.20. The summed E-state index contributed by atoms with van der Waals surface area (Å²) in [7, 11) is 0. The normalized spacial score (nSPS) is 15.5. The number of aryl methyl sites for hydroxylation is 1. The van der Waals surface area contributed by atoms with Crippen molar-refractivity contribution in [3.05, 3.63) is 78.4 Å². The van der Waals surface area contributed by atoms with Gasteiger partial charge in [-0.15, -0.1) is 0 Å². The first-order valence-electron chi connectivity index (χ1n) is 13.5. The Kier molecular flexibility index (Phi) is 7.09. The standard InChI is InChI=1S/C29H32N8O2/c1-2-24-25(35-29(38)39-18-23-10-6-7-13-30-23)17-37-27(24)28(31-19-33-37)34-22-11-12-26-21(14-22)15-32-36(26)16-20-8-4-3-5-9-20/h3-5,8-9,11-12,14-15,17,19,23,30H,2,6-7,10,13,16,18H2,1H3,(H,35,38)(H,31,33,34). The van der Waals surface area contributed by atoms with E-state index in [0.29, 0.717) is 31.1 Å². The van der Waals surface area contributed by atoms with Crippen LogP contribution in [0.4, 0.5) is 22.0 Å². The quantitative estimate of drug-likeness (QED) is 0.258. The van der Waals surface area contributed by atoms with Gasteiger partial charge in [0.2, 0.25) is 0 Å². The minimum absolute atomic E-state index is 0.215. The Morgan fingerprint density at radius 3 is 2.87 bits per heavy atom. The third-order valence-electron chi connectivity index (χ3n) is 7.18. The summed E-state index contributed by atoms with van der Waals surface area (Å²) in [6.07, 6.45) is 8.75. The van der Waals surface area contributed by atoms with Crippen LogP contribution in [0, 0.1) is 0 Å². The maximum atomic E-state index is 12.6. The van der Waals surface area contributed by atoms with Gasteiger partial charge in [-0.25, -0.2) is 14.3 Å².